The van der Waals surface area contributed by atoms with Crippen molar-refractivity contribution in [2.24, 2.45) is 5.73 Å². The Morgan fingerprint density at radius 2 is 2.17 bits per heavy atom. The molecule has 18 heavy (non-hydrogen) atoms. The van der Waals surface area contributed by atoms with E-state index in [-0.39, 0.29) is 18.9 Å². The van der Waals surface area contributed by atoms with Gasteiger partial charge in [0.25, 0.3) is 0 Å². The third-order valence-electron chi connectivity index (χ3n) is 2.25. The molecule has 0 bridgehead atoms. The minimum atomic E-state index is -0.406. The highest BCUT2D eigenvalue weighted by Crippen LogP contribution is 2.29. The highest BCUT2D eigenvalue weighted by Gasteiger charge is 2.18. The van der Waals surface area contributed by atoms with Gasteiger partial charge >= 0.3 is 5.97 Å². The molecule has 0 aliphatic carbocycles. The predicted molar refractivity (Wildman–Crippen MR) is 72.0 cm³/mol. The molecule has 5 nitrogen and oxygen atoms in total. The lowest BCUT2D eigenvalue weighted by Crippen LogP contribution is -2.17. The van der Waals surface area contributed by atoms with E-state index < -0.39 is 5.97 Å². The van der Waals surface area contributed by atoms with Crippen LogP contribution in [-0.2, 0) is 16.0 Å². The maximum atomic E-state index is 11.7. The maximum absolute atomic E-state index is 11.7. The SMILES string of the molecule is CCOC(=O)c1cc(CC)sc1NC(=O)CCN. The van der Waals surface area contributed by atoms with Crippen molar-refractivity contribution in [1.82, 2.24) is 0 Å². The van der Waals surface area contributed by atoms with Crippen molar-refractivity contribution >= 4 is 28.2 Å². The third-order valence-corrected chi connectivity index (χ3v) is 3.45. The Bertz CT molecular complexity index is 429. The van der Waals surface area contributed by atoms with E-state index in [4.69, 9.17) is 10.5 Å². The monoisotopic (exact) mass is 270 g/mol. The number of hydrogen-bond acceptors (Lipinski definition) is 5. The summed E-state index contributed by atoms with van der Waals surface area (Å²) in [6.07, 6.45) is 1.05. The minimum Gasteiger partial charge on any atom is -0.462 e. The molecule has 3 N–H and O–H groups in total. The molecular weight excluding hydrogens is 252 g/mol. The summed E-state index contributed by atoms with van der Waals surface area (Å²) in [7, 11) is 0. The zero-order valence-electron chi connectivity index (χ0n) is 10.6. The van der Waals surface area contributed by atoms with E-state index in [1.807, 2.05) is 6.92 Å². The van der Waals surface area contributed by atoms with Crippen molar-refractivity contribution in [3.63, 3.8) is 0 Å². The Morgan fingerprint density at radius 1 is 1.44 bits per heavy atom. The molecule has 1 rings (SSSR count). The molecule has 0 unspecified atom stereocenters. The van der Waals surface area contributed by atoms with E-state index in [1.54, 1.807) is 13.0 Å². The number of rotatable bonds is 6. The van der Waals surface area contributed by atoms with Gasteiger partial charge in [-0.1, -0.05) is 6.92 Å². The second-order valence-electron chi connectivity index (χ2n) is 3.62. The Balaban J connectivity index is 2.90. The van der Waals surface area contributed by atoms with Crippen LogP contribution < -0.4 is 11.1 Å². The first kappa shape index (κ1) is 14.7. The lowest BCUT2D eigenvalue weighted by atomic mass is 10.2. The van der Waals surface area contributed by atoms with Gasteiger partial charge in [0.2, 0.25) is 5.91 Å². The van der Waals surface area contributed by atoms with E-state index in [1.165, 1.54) is 11.3 Å². The molecule has 0 aliphatic heterocycles. The van der Waals surface area contributed by atoms with Gasteiger partial charge in [0.1, 0.15) is 5.00 Å². The Morgan fingerprint density at radius 3 is 2.72 bits per heavy atom. The molecule has 1 aromatic rings. The number of ether oxygens (including phenoxy) is 1. The standard InChI is InChI=1S/C12H18N2O3S/c1-3-8-7-9(12(16)17-4-2)11(18-8)14-10(15)5-6-13/h7H,3-6,13H2,1-2H3,(H,14,15). The summed E-state index contributed by atoms with van der Waals surface area (Å²) in [5.74, 6) is -0.593. The summed E-state index contributed by atoms with van der Waals surface area (Å²) >= 11 is 1.39. The first-order chi connectivity index (χ1) is 8.62. The lowest BCUT2D eigenvalue weighted by molar-refractivity contribution is -0.116. The average molecular weight is 270 g/mol. The van der Waals surface area contributed by atoms with Crippen molar-refractivity contribution in [3.8, 4) is 0 Å². The van der Waals surface area contributed by atoms with Gasteiger partial charge in [-0.25, -0.2) is 4.79 Å². The van der Waals surface area contributed by atoms with E-state index in [0.717, 1.165) is 11.3 Å². The summed E-state index contributed by atoms with van der Waals surface area (Å²) in [5, 5.41) is 3.25. The fourth-order valence-electron chi connectivity index (χ4n) is 1.39. The van der Waals surface area contributed by atoms with Crippen molar-refractivity contribution < 1.29 is 14.3 Å². The Labute approximate surface area is 110 Å². The molecule has 0 spiro atoms. The number of carbonyl (C=O) groups excluding carboxylic acids is 2. The van der Waals surface area contributed by atoms with E-state index in [9.17, 15) is 9.59 Å². The van der Waals surface area contributed by atoms with Crippen LogP contribution in [0, 0.1) is 0 Å². The average Bonchev–Trinajstić information content (AvgIpc) is 2.73. The van der Waals surface area contributed by atoms with Gasteiger partial charge in [0.15, 0.2) is 0 Å². The molecule has 0 atom stereocenters. The highest BCUT2D eigenvalue weighted by molar-refractivity contribution is 7.16. The third kappa shape index (κ3) is 3.82. The molecule has 6 heteroatoms. The van der Waals surface area contributed by atoms with Crippen molar-refractivity contribution in [1.29, 1.82) is 0 Å². The van der Waals surface area contributed by atoms with Gasteiger partial charge < -0.3 is 15.8 Å². The normalized spacial score (nSPS) is 10.2. The number of nitrogens with one attached hydrogen (secondary N) is 1. The number of amides is 1. The van der Waals surface area contributed by atoms with Crippen LogP contribution in [0.2, 0.25) is 0 Å². The van der Waals surface area contributed by atoms with E-state index in [0.29, 0.717) is 17.2 Å². The van der Waals surface area contributed by atoms with Gasteiger partial charge in [-0.2, -0.15) is 0 Å². The van der Waals surface area contributed by atoms with Gasteiger partial charge in [0.05, 0.1) is 12.2 Å². The predicted octanol–water partition coefficient (Wildman–Crippen LogP) is 1.77. The molecule has 0 aliphatic rings. The topological polar surface area (TPSA) is 81.4 Å². The van der Waals surface area contributed by atoms with Crippen molar-refractivity contribution in [2.45, 2.75) is 26.7 Å². The number of esters is 1. The molecular formula is C12H18N2O3S. The summed E-state index contributed by atoms with van der Waals surface area (Å²) in [6, 6.07) is 1.76. The quantitative estimate of drug-likeness (QED) is 0.772. The molecule has 0 saturated carbocycles. The molecule has 1 aromatic heterocycles. The van der Waals surface area contributed by atoms with Crippen LogP contribution >= 0.6 is 11.3 Å². The smallest absolute Gasteiger partial charge is 0.341 e. The van der Waals surface area contributed by atoms with Gasteiger partial charge in [-0.15, -0.1) is 11.3 Å². The van der Waals surface area contributed by atoms with Gasteiger partial charge in [-0.3, -0.25) is 4.79 Å². The summed E-state index contributed by atoms with van der Waals surface area (Å²) < 4.78 is 4.96. The number of hydrogen-bond donors (Lipinski definition) is 2. The van der Waals surface area contributed by atoms with E-state index >= 15 is 0 Å². The molecule has 0 radical (unpaired) electrons. The lowest BCUT2D eigenvalue weighted by Gasteiger charge is -2.05. The highest BCUT2D eigenvalue weighted by atomic mass is 32.1. The zero-order chi connectivity index (χ0) is 13.5. The minimum absolute atomic E-state index is 0.187. The molecule has 100 valence electrons. The number of carbonyl (C=O) groups is 2. The van der Waals surface area contributed by atoms with Crippen molar-refractivity contribution in [2.75, 3.05) is 18.5 Å². The second kappa shape index (κ2) is 7.13. The zero-order valence-corrected chi connectivity index (χ0v) is 11.4. The van der Waals surface area contributed by atoms with Gasteiger partial charge in [0, 0.05) is 17.8 Å². The first-order valence-corrected chi connectivity index (χ1v) is 6.73. The van der Waals surface area contributed by atoms with Crippen molar-refractivity contribution in [3.05, 3.63) is 16.5 Å². The fourth-order valence-corrected chi connectivity index (χ4v) is 2.39. The Kier molecular flexibility index (Phi) is 5.80. The molecule has 0 aromatic carbocycles. The van der Waals surface area contributed by atoms with Crippen LogP contribution in [0.15, 0.2) is 6.07 Å². The van der Waals surface area contributed by atoms with Crippen LogP contribution in [0.1, 0.15) is 35.5 Å². The number of aryl methyl sites for hydroxylation is 1. The largest absolute Gasteiger partial charge is 0.462 e. The first-order valence-electron chi connectivity index (χ1n) is 5.92. The summed E-state index contributed by atoms with van der Waals surface area (Å²) in [5.41, 5.74) is 5.73. The molecule has 0 fully saturated rings. The maximum Gasteiger partial charge on any atom is 0.341 e. The molecule has 1 heterocycles. The van der Waals surface area contributed by atoms with Crippen LogP contribution in [0.4, 0.5) is 5.00 Å². The van der Waals surface area contributed by atoms with Crippen LogP contribution in [0.3, 0.4) is 0 Å². The number of anilines is 1. The van der Waals surface area contributed by atoms with Gasteiger partial charge in [-0.05, 0) is 19.4 Å². The summed E-state index contributed by atoms with van der Waals surface area (Å²) in [4.78, 5) is 24.3. The number of nitrogens with two attached hydrogens (primary N) is 1. The second-order valence-corrected chi connectivity index (χ2v) is 4.75. The summed E-state index contributed by atoms with van der Waals surface area (Å²) in [6.45, 7) is 4.34. The van der Waals surface area contributed by atoms with Crippen LogP contribution in [0.5, 0.6) is 0 Å². The van der Waals surface area contributed by atoms with E-state index in [2.05, 4.69) is 5.32 Å². The number of thiophene rings is 1. The fraction of sp³-hybridized carbons (Fsp3) is 0.500. The van der Waals surface area contributed by atoms with Crippen LogP contribution in [-0.4, -0.2) is 25.0 Å². The molecule has 0 saturated heterocycles. The molecule has 1 amide bonds. The Hall–Kier alpha value is -1.40. The van der Waals surface area contributed by atoms with Crippen LogP contribution in [0.25, 0.3) is 0 Å².